The van der Waals surface area contributed by atoms with Gasteiger partial charge in [0.15, 0.2) is 0 Å². The van der Waals surface area contributed by atoms with Crippen molar-refractivity contribution in [2.24, 2.45) is 5.92 Å². The van der Waals surface area contributed by atoms with Crippen LogP contribution in [0.5, 0.6) is 0 Å². The van der Waals surface area contributed by atoms with Gasteiger partial charge in [-0.15, -0.1) is 0 Å². The van der Waals surface area contributed by atoms with Crippen LogP contribution in [0.15, 0.2) is 18.2 Å². The molecule has 0 saturated carbocycles. The van der Waals surface area contributed by atoms with Crippen molar-refractivity contribution < 1.29 is 9.18 Å². The Morgan fingerprint density at radius 2 is 2.25 bits per heavy atom. The molecule has 1 aromatic rings. The van der Waals surface area contributed by atoms with Gasteiger partial charge in [-0.2, -0.15) is 5.26 Å². The van der Waals surface area contributed by atoms with E-state index >= 15 is 0 Å². The Balaban J connectivity index is 2.73. The van der Waals surface area contributed by atoms with Gasteiger partial charge in [-0.1, -0.05) is 13.8 Å². The van der Waals surface area contributed by atoms with Crippen LogP contribution in [-0.2, 0) is 11.3 Å². The molecule has 108 valence electrons. The van der Waals surface area contributed by atoms with Gasteiger partial charge >= 0.3 is 0 Å². The number of carbonyl (C=O) groups excluding carboxylic acids is 1. The van der Waals surface area contributed by atoms with Gasteiger partial charge in [0.05, 0.1) is 11.6 Å². The third kappa shape index (κ3) is 4.32. The minimum absolute atomic E-state index is 0.0484. The Hall–Kier alpha value is -1.93. The van der Waals surface area contributed by atoms with Crippen LogP contribution in [0.2, 0.25) is 0 Å². The highest BCUT2D eigenvalue weighted by Crippen LogP contribution is 2.13. The Kier molecular flexibility index (Phi) is 6.13. The molecule has 0 fully saturated rings. The van der Waals surface area contributed by atoms with Crippen molar-refractivity contribution in [1.29, 1.82) is 5.26 Å². The smallest absolute Gasteiger partial charge is 0.226 e. The van der Waals surface area contributed by atoms with Crippen molar-refractivity contribution >= 4 is 5.91 Å². The topological polar surface area (TPSA) is 56.1 Å². The molecule has 0 bridgehead atoms. The molecule has 1 N–H and O–H groups in total. The fraction of sp³-hybridized carbons (Fsp3) is 0.467. The van der Waals surface area contributed by atoms with Gasteiger partial charge in [0.25, 0.3) is 0 Å². The van der Waals surface area contributed by atoms with Crippen molar-refractivity contribution in [3.05, 3.63) is 35.1 Å². The maximum Gasteiger partial charge on any atom is 0.226 e. The zero-order valence-corrected chi connectivity index (χ0v) is 12.1. The first-order valence-corrected chi connectivity index (χ1v) is 6.63. The first kappa shape index (κ1) is 16.1. The van der Waals surface area contributed by atoms with E-state index in [0.29, 0.717) is 17.7 Å². The second-order valence-corrected chi connectivity index (χ2v) is 4.82. The molecule has 4 nitrogen and oxygen atoms in total. The largest absolute Gasteiger partial charge is 0.341 e. The fourth-order valence-electron chi connectivity index (χ4n) is 1.92. The van der Waals surface area contributed by atoms with E-state index in [2.05, 4.69) is 5.32 Å². The number of nitrogens with one attached hydrogen (secondary N) is 1. The summed E-state index contributed by atoms with van der Waals surface area (Å²) in [5, 5.41) is 11.9. The molecule has 0 aliphatic heterocycles. The fourth-order valence-corrected chi connectivity index (χ4v) is 1.92. The van der Waals surface area contributed by atoms with Gasteiger partial charge in [0, 0.05) is 31.6 Å². The molecule has 0 saturated heterocycles. The van der Waals surface area contributed by atoms with E-state index in [1.807, 2.05) is 19.9 Å². The molecule has 0 radical (unpaired) electrons. The standard InChI is InChI=1S/C15H20FN3O/c1-4-18-9-11(2)15(20)19(3)10-13-7-12(8-17)5-6-14(13)16/h5-7,11,18H,4,9-10H2,1-3H3. The molecule has 20 heavy (non-hydrogen) atoms. The van der Waals surface area contributed by atoms with Gasteiger partial charge in [0.1, 0.15) is 5.82 Å². The van der Waals surface area contributed by atoms with E-state index in [1.54, 1.807) is 7.05 Å². The molecule has 0 aliphatic rings. The normalized spacial score (nSPS) is 11.8. The highest BCUT2D eigenvalue weighted by atomic mass is 19.1. The van der Waals surface area contributed by atoms with Crippen LogP contribution in [0, 0.1) is 23.1 Å². The third-order valence-electron chi connectivity index (χ3n) is 3.08. The van der Waals surface area contributed by atoms with E-state index in [0.717, 1.165) is 6.54 Å². The Morgan fingerprint density at radius 1 is 1.55 bits per heavy atom. The number of nitrogens with zero attached hydrogens (tertiary/aromatic N) is 2. The zero-order valence-electron chi connectivity index (χ0n) is 12.1. The van der Waals surface area contributed by atoms with Crippen molar-refractivity contribution in [3.63, 3.8) is 0 Å². The van der Waals surface area contributed by atoms with Crippen molar-refractivity contribution in [2.75, 3.05) is 20.1 Å². The number of nitriles is 1. The summed E-state index contributed by atoms with van der Waals surface area (Å²) in [6.07, 6.45) is 0. The number of hydrogen-bond donors (Lipinski definition) is 1. The molecule has 1 rings (SSSR count). The van der Waals surface area contributed by atoms with E-state index in [-0.39, 0.29) is 18.4 Å². The van der Waals surface area contributed by atoms with E-state index in [1.165, 1.54) is 23.1 Å². The summed E-state index contributed by atoms with van der Waals surface area (Å²) in [6, 6.07) is 6.13. The number of amides is 1. The molecule has 0 aromatic heterocycles. The lowest BCUT2D eigenvalue weighted by Crippen LogP contribution is -2.36. The van der Waals surface area contributed by atoms with E-state index in [4.69, 9.17) is 5.26 Å². The molecular formula is C15H20FN3O. The van der Waals surface area contributed by atoms with Gasteiger partial charge in [-0.25, -0.2) is 4.39 Å². The maximum atomic E-state index is 13.7. The van der Waals surface area contributed by atoms with Crippen molar-refractivity contribution in [1.82, 2.24) is 10.2 Å². The van der Waals surface area contributed by atoms with Gasteiger partial charge in [-0.05, 0) is 24.7 Å². The summed E-state index contributed by atoms with van der Waals surface area (Å²) in [4.78, 5) is 13.6. The van der Waals surface area contributed by atoms with Crippen LogP contribution in [0.1, 0.15) is 25.0 Å². The third-order valence-corrected chi connectivity index (χ3v) is 3.08. The lowest BCUT2D eigenvalue weighted by molar-refractivity contribution is -0.134. The Morgan fingerprint density at radius 3 is 2.85 bits per heavy atom. The van der Waals surface area contributed by atoms with Crippen LogP contribution < -0.4 is 5.32 Å². The number of carbonyl (C=O) groups is 1. The number of hydrogen-bond acceptors (Lipinski definition) is 3. The van der Waals surface area contributed by atoms with Crippen LogP contribution in [0.25, 0.3) is 0 Å². The predicted molar refractivity (Wildman–Crippen MR) is 75.3 cm³/mol. The minimum atomic E-state index is -0.400. The molecule has 1 aromatic carbocycles. The summed E-state index contributed by atoms with van der Waals surface area (Å²) in [6.45, 7) is 5.38. The van der Waals surface area contributed by atoms with E-state index < -0.39 is 5.82 Å². The summed E-state index contributed by atoms with van der Waals surface area (Å²) in [7, 11) is 1.64. The van der Waals surface area contributed by atoms with Crippen LogP contribution >= 0.6 is 0 Å². The predicted octanol–water partition coefficient (Wildman–Crippen LogP) is 1.90. The second kappa shape index (κ2) is 7.61. The highest BCUT2D eigenvalue weighted by Gasteiger charge is 2.18. The molecule has 0 heterocycles. The summed E-state index contributed by atoms with van der Waals surface area (Å²) in [5.74, 6) is -0.613. The first-order valence-electron chi connectivity index (χ1n) is 6.63. The summed E-state index contributed by atoms with van der Waals surface area (Å²) >= 11 is 0. The summed E-state index contributed by atoms with van der Waals surface area (Å²) < 4.78 is 13.7. The molecule has 1 amide bonds. The maximum absolute atomic E-state index is 13.7. The van der Waals surface area contributed by atoms with Gasteiger partial charge < -0.3 is 10.2 Å². The Labute approximate surface area is 119 Å². The number of benzene rings is 1. The molecule has 1 atom stereocenters. The zero-order chi connectivity index (χ0) is 15.1. The molecule has 0 aliphatic carbocycles. The van der Waals surface area contributed by atoms with Gasteiger partial charge in [-0.3, -0.25) is 4.79 Å². The average molecular weight is 277 g/mol. The molecule has 1 unspecified atom stereocenters. The monoisotopic (exact) mass is 277 g/mol. The Bertz CT molecular complexity index is 510. The quantitative estimate of drug-likeness (QED) is 0.864. The lowest BCUT2D eigenvalue weighted by atomic mass is 10.1. The van der Waals surface area contributed by atoms with Crippen LogP contribution in [-0.4, -0.2) is 30.9 Å². The molecule has 0 spiro atoms. The van der Waals surface area contributed by atoms with Crippen LogP contribution in [0.4, 0.5) is 4.39 Å². The second-order valence-electron chi connectivity index (χ2n) is 4.82. The van der Waals surface area contributed by atoms with Crippen LogP contribution in [0.3, 0.4) is 0 Å². The SMILES string of the molecule is CCNCC(C)C(=O)N(C)Cc1cc(C#N)ccc1F. The highest BCUT2D eigenvalue weighted by molar-refractivity contribution is 5.78. The lowest BCUT2D eigenvalue weighted by Gasteiger charge is -2.22. The van der Waals surface area contributed by atoms with Crippen molar-refractivity contribution in [3.8, 4) is 6.07 Å². The molecular weight excluding hydrogens is 257 g/mol. The minimum Gasteiger partial charge on any atom is -0.341 e. The first-order chi connectivity index (χ1) is 9.49. The average Bonchev–Trinajstić information content (AvgIpc) is 2.46. The number of halogens is 1. The van der Waals surface area contributed by atoms with Gasteiger partial charge in [0.2, 0.25) is 5.91 Å². The summed E-state index contributed by atoms with van der Waals surface area (Å²) in [5.41, 5.74) is 0.749. The number of rotatable bonds is 6. The van der Waals surface area contributed by atoms with Crippen molar-refractivity contribution in [2.45, 2.75) is 20.4 Å². The molecule has 5 heteroatoms. The van der Waals surface area contributed by atoms with E-state index in [9.17, 15) is 9.18 Å².